The predicted molar refractivity (Wildman–Crippen MR) is 131 cm³/mol. The normalized spacial score (nSPS) is 25.0. The van der Waals surface area contributed by atoms with Crippen LogP contribution < -0.4 is 10.6 Å². The van der Waals surface area contributed by atoms with Crippen molar-refractivity contribution in [2.24, 2.45) is 11.8 Å². The topological polar surface area (TPSA) is 105 Å². The van der Waals surface area contributed by atoms with Gasteiger partial charge in [0.05, 0.1) is 5.92 Å². The molecule has 5 rings (SSSR count). The summed E-state index contributed by atoms with van der Waals surface area (Å²) in [5, 5.41) is 15.2. The van der Waals surface area contributed by atoms with E-state index < -0.39 is 12.1 Å². The predicted octanol–water partition coefficient (Wildman–Crippen LogP) is 4.45. The first-order valence-electron chi connectivity index (χ1n) is 12.6. The highest BCUT2D eigenvalue weighted by atomic mass is 16.5. The van der Waals surface area contributed by atoms with Gasteiger partial charge < -0.3 is 20.5 Å². The average Bonchev–Trinajstić information content (AvgIpc) is 3.15. The molecule has 2 aromatic rings. The molecule has 0 radical (unpaired) electrons. The number of carbonyl (C=O) groups is 3. The summed E-state index contributed by atoms with van der Waals surface area (Å²) in [6, 6.07) is 16.5. The first-order chi connectivity index (χ1) is 17.0. The van der Waals surface area contributed by atoms with Crippen molar-refractivity contribution in [2.75, 3.05) is 6.61 Å². The Labute approximate surface area is 205 Å². The van der Waals surface area contributed by atoms with Crippen LogP contribution in [0.3, 0.4) is 0 Å². The molecular formula is C28H32N2O5. The van der Waals surface area contributed by atoms with Gasteiger partial charge in [-0.25, -0.2) is 4.79 Å². The van der Waals surface area contributed by atoms with Crippen LogP contribution in [-0.4, -0.2) is 41.8 Å². The molecule has 7 heteroatoms. The molecule has 0 bridgehead atoms. The molecule has 2 amide bonds. The van der Waals surface area contributed by atoms with Gasteiger partial charge in [0.15, 0.2) is 0 Å². The highest BCUT2D eigenvalue weighted by Crippen LogP contribution is 2.44. The van der Waals surface area contributed by atoms with E-state index in [-0.39, 0.29) is 42.4 Å². The number of carbonyl (C=O) groups excluding carboxylic acids is 2. The molecule has 0 heterocycles. The van der Waals surface area contributed by atoms with Gasteiger partial charge in [-0.15, -0.1) is 0 Å². The fourth-order valence-electron chi connectivity index (χ4n) is 5.92. The number of aliphatic carboxylic acids is 1. The van der Waals surface area contributed by atoms with Crippen molar-refractivity contribution in [3.8, 4) is 11.1 Å². The van der Waals surface area contributed by atoms with Crippen molar-refractivity contribution in [2.45, 2.75) is 62.9 Å². The summed E-state index contributed by atoms with van der Waals surface area (Å²) in [4.78, 5) is 36.1. The van der Waals surface area contributed by atoms with E-state index >= 15 is 0 Å². The van der Waals surface area contributed by atoms with E-state index in [4.69, 9.17) is 4.74 Å². The number of alkyl carbamates (subject to hydrolysis) is 1. The number of nitrogens with one attached hydrogen (secondary N) is 2. The van der Waals surface area contributed by atoms with Gasteiger partial charge >= 0.3 is 12.1 Å². The Morgan fingerprint density at radius 3 is 2.17 bits per heavy atom. The zero-order chi connectivity index (χ0) is 24.4. The SMILES string of the molecule is O=C(CC1CC(NC(=O)OCC2c3ccccc3-c3ccccc32)C1)N[C@@H]1CCC[C@@H](C(=O)O)C1. The smallest absolute Gasteiger partial charge is 0.407 e. The number of hydrogen-bond donors (Lipinski definition) is 3. The molecular weight excluding hydrogens is 444 g/mol. The van der Waals surface area contributed by atoms with Crippen molar-refractivity contribution in [3.63, 3.8) is 0 Å². The summed E-state index contributed by atoms with van der Waals surface area (Å²) in [6.45, 7) is 0.289. The molecule has 0 spiro atoms. The summed E-state index contributed by atoms with van der Waals surface area (Å²) in [5.74, 6) is -0.890. The first kappa shape index (κ1) is 23.4. The summed E-state index contributed by atoms with van der Waals surface area (Å²) in [6.07, 6.45) is 4.37. The molecule has 3 aliphatic rings. The van der Waals surface area contributed by atoms with Crippen molar-refractivity contribution >= 4 is 18.0 Å². The second-order valence-electron chi connectivity index (χ2n) is 10.2. The minimum Gasteiger partial charge on any atom is -0.481 e. The van der Waals surface area contributed by atoms with Crippen LogP contribution in [0.25, 0.3) is 11.1 Å². The number of carboxylic acids is 1. The average molecular weight is 477 g/mol. The first-order valence-corrected chi connectivity index (χ1v) is 12.6. The Morgan fingerprint density at radius 2 is 1.51 bits per heavy atom. The van der Waals surface area contributed by atoms with Crippen LogP contribution in [0.1, 0.15) is 62.0 Å². The molecule has 2 atom stereocenters. The minimum absolute atomic E-state index is 0.0226. The van der Waals surface area contributed by atoms with Crippen LogP contribution in [0.2, 0.25) is 0 Å². The van der Waals surface area contributed by atoms with Gasteiger partial charge in [-0.3, -0.25) is 9.59 Å². The highest BCUT2D eigenvalue weighted by molar-refractivity contribution is 5.79. The van der Waals surface area contributed by atoms with Crippen molar-refractivity contribution in [1.29, 1.82) is 0 Å². The maximum Gasteiger partial charge on any atom is 0.407 e. The molecule has 35 heavy (non-hydrogen) atoms. The van der Waals surface area contributed by atoms with E-state index in [1.165, 1.54) is 22.3 Å². The number of carboxylic acid groups (broad SMARTS) is 1. The van der Waals surface area contributed by atoms with E-state index in [0.29, 0.717) is 19.3 Å². The number of benzene rings is 2. The van der Waals surface area contributed by atoms with Gasteiger partial charge in [0, 0.05) is 24.4 Å². The lowest BCUT2D eigenvalue weighted by Crippen LogP contribution is -2.47. The standard InChI is InChI=1S/C28H32N2O5/c31-26(29-19-7-5-6-18(15-19)27(32)33)14-17-12-20(13-17)30-28(34)35-16-25-23-10-3-1-8-21(23)22-9-2-4-11-24(22)25/h1-4,8-11,17-20,25H,5-7,12-16H2,(H,29,31)(H,30,34)(H,32,33)/t17?,18-,19-,20?/m1/s1. The van der Waals surface area contributed by atoms with Crippen LogP contribution in [0.15, 0.2) is 48.5 Å². The Balaban J connectivity index is 1.04. The van der Waals surface area contributed by atoms with Crippen molar-refractivity contribution in [3.05, 3.63) is 59.7 Å². The summed E-state index contributed by atoms with van der Waals surface area (Å²) in [5.41, 5.74) is 4.76. The van der Waals surface area contributed by atoms with Crippen LogP contribution in [-0.2, 0) is 14.3 Å². The third kappa shape index (κ3) is 5.19. The number of rotatable bonds is 7. The molecule has 3 N–H and O–H groups in total. The quantitative estimate of drug-likeness (QED) is 0.548. The third-order valence-electron chi connectivity index (χ3n) is 7.76. The number of ether oxygens (including phenoxy) is 1. The lowest BCUT2D eigenvalue weighted by atomic mass is 9.78. The second-order valence-corrected chi connectivity index (χ2v) is 10.2. The molecule has 2 fully saturated rings. The fourth-order valence-corrected chi connectivity index (χ4v) is 5.92. The van der Waals surface area contributed by atoms with Crippen molar-refractivity contribution in [1.82, 2.24) is 10.6 Å². The zero-order valence-corrected chi connectivity index (χ0v) is 19.7. The molecule has 3 aliphatic carbocycles. The molecule has 0 unspecified atom stereocenters. The maximum atomic E-state index is 12.4. The molecule has 0 aliphatic heterocycles. The highest BCUT2D eigenvalue weighted by Gasteiger charge is 2.34. The van der Waals surface area contributed by atoms with Crippen molar-refractivity contribution < 1.29 is 24.2 Å². The van der Waals surface area contributed by atoms with Gasteiger partial charge in [-0.05, 0) is 60.3 Å². The molecule has 7 nitrogen and oxygen atoms in total. The van der Waals surface area contributed by atoms with Gasteiger partial charge in [-0.2, -0.15) is 0 Å². The van der Waals surface area contributed by atoms with Crippen LogP contribution >= 0.6 is 0 Å². The Kier molecular flexibility index (Phi) is 6.75. The molecule has 0 saturated heterocycles. The van der Waals surface area contributed by atoms with E-state index in [1.807, 2.05) is 24.3 Å². The summed E-state index contributed by atoms with van der Waals surface area (Å²) >= 11 is 0. The minimum atomic E-state index is -0.773. The Morgan fingerprint density at radius 1 is 0.857 bits per heavy atom. The monoisotopic (exact) mass is 476 g/mol. The van der Waals surface area contributed by atoms with Gasteiger partial charge in [-0.1, -0.05) is 55.0 Å². The zero-order valence-electron chi connectivity index (χ0n) is 19.7. The lowest BCUT2D eigenvalue weighted by Gasteiger charge is -2.36. The molecule has 2 aromatic carbocycles. The van der Waals surface area contributed by atoms with Crippen LogP contribution in [0.5, 0.6) is 0 Å². The summed E-state index contributed by atoms with van der Waals surface area (Å²) < 4.78 is 5.61. The molecule has 0 aromatic heterocycles. The summed E-state index contributed by atoms with van der Waals surface area (Å²) in [7, 11) is 0. The maximum absolute atomic E-state index is 12.4. The number of fused-ring (bicyclic) bond motifs is 3. The fraction of sp³-hybridized carbons (Fsp3) is 0.464. The third-order valence-corrected chi connectivity index (χ3v) is 7.76. The number of amides is 2. The largest absolute Gasteiger partial charge is 0.481 e. The van der Waals surface area contributed by atoms with E-state index in [1.54, 1.807) is 0 Å². The van der Waals surface area contributed by atoms with E-state index in [9.17, 15) is 19.5 Å². The second kappa shape index (κ2) is 10.1. The van der Waals surface area contributed by atoms with E-state index in [0.717, 1.165) is 25.7 Å². The molecule has 2 saturated carbocycles. The van der Waals surface area contributed by atoms with Gasteiger partial charge in [0.25, 0.3) is 0 Å². The number of hydrogen-bond acceptors (Lipinski definition) is 4. The van der Waals surface area contributed by atoms with Gasteiger partial charge in [0.2, 0.25) is 5.91 Å². The Hall–Kier alpha value is -3.35. The van der Waals surface area contributed by atoms with Crippen LogP contribution in [0.4, 0.5) is 4.79 Å². The Bertz CT molecular complexity index is 1060. The lowest BCUT2D eigenvalue weighted by molar-refractivity contribution is -0.143. The van der Waals surface area contributed by atoms with Crippen LogP contribution in [0, 0.1) is 11.8 Å². The van der Waals surface area contributed by atoms with Gasteiger partial charge in [0.1, 0.15) is 6.61 Å². The van der Waals surface area contributed by atoms with E-state index in [2.05, 4.69) is 34.9 Å². The molecule has 184 valence electrons.